The molecule has 1 aliphatic heterocycles. The highest BCUT2D eigenvalue weighted by Gasteiger charge is 2.27. The third kappa shape index (κ3) is 3.60. The Morgan fingerprint density at radius 1 is 1.38 bits per heavy atom. The van der Waals surface area contributed by atoms with Crippen molar-refractivity contribution >= 4 is 5.69 Å². The first-order chi connectivity index (χ1) is 11.5. The molecule has 1 N–H and O–H groups in total. The summed E-state index contributed by atoms with van der Waals surface area (Å²) in [5.74, 6) is 0.821. The van der Waals surface area contributed by atoms with E-state index in [-0.39, 0.29) is 11.7 Å². The predicted molar refractivity (Wildman–Crippen MR) is 86.1 cm³/mol. The third-order valence-electron chi connectivity index (χ3n) is 4.35. The molecule has 3 rings (SSSR count). The van der Waals surface area contributed by atoms with Crippen molar-refractivity contribution < 1.29 is 14.4 Å². The second kappa shape index (κ2) is 7.06. The molecular formula is C16H20N4O4. The smallest absolute Gasteiger partial charge is 0.269 e. The molecule has 2 atom stereocenters. The average Bonchev–Trinajstić information content (AvgIpc) is 3.04. The van der Waals surface area contributed by atoms with Crippen molar-refractivity contribution in [3.63, 3.8) is 0 Å². The summed E-state index contributed by atoms with van der Waals surface area (Å²) in [6.45, 7) is 3.19. The molecule has 2 aromatic rings. The Balaban J connectivity index is 1.72. The van der Waals surface area contributed by atoms with Crippen LogP contribution >= 0.6 is 0 Å². The second-order valence-corrected chi connectivity index (χ2v) is 6.08. The maximum atomic E-state index is 10.7. The molecule has 1 saturated heterocycles. The largest absolute Gasteiger partial charge is 0.419 e. The van der Waals surface area contributed by atoms with Crippen LogP contribution in [0, 0.1) is 10.1 Å². The lowest BCUT2D eigenvalue weighted by molar-refractivity contribution is -0.384. The molecule has 8 nitrogen and oxygen atoms in total. The number of rotatable bonds is 5. The Kier molecular flexibility index (Phi) is 4.86. The fraction of sp³-hybridized carbons (Fsp3) is 0.500. The van der Waals surface area contributed by atoms with Gasteiger partial charge in [-0.2, -0.15) is 0 Å². The summed E-state index contributed by atoms with van der Waals surface area (Å²) in [5.41, 5.74) is 0.664. The molecule has 2 unspecified atom stereocenters. The molecule has 0 amide bonds. The highest BCUT2D eigenvalue weighted by Crippen LogP contribution is 2.24. The van der Waals surface area contributed by atoms with Gasteiger partial charge in [-0.15, -0.1) is 10.2 Å². The van der Waals surface area contributed by atoms with E-state index in [2.05, 4.69) is 15.1 Å². The number of benzene rings is 1. The summed E-state index contributed by atoms with van der Waals surface area (Å²) < 4.78 is 5.69. The van der Waals surface area contributed by atoms with Crippen LogP contribution in [0.1, 0.15) is 32.1 Å². The molecule has 0 aliphatic carbocycles. The summed E-state index contributed by atoms with van der Waals surface area (Å²) in [7, 11) is 0. The molecule has 1 aliphatic rings. The van der Waals surface area contributed by atoms with Crippen molar-refractivity contribution in [1.82, 2.24) is 15.1 Å². The van der Waals surface area contributed by atoms with Crippen LogP contribution in [-0.4, -0.2) is 43.8 Å². The molecule has 1 aromatic heterocycles. The van der Waals surface area contributed by atoms with Gasteiger partial charge in [0.05, 0.1) is 17.6 Å². The Bertz CT molecular complexity index is 698. The lowest BCUT2D eigenvalue weighted by Gasteiger charge is -2.36. The van der Waals surface area contributed by atoms with Crippen LogP contribution in [0.25, 0.3) is 11.5 Å². The van der Waals surface area contributed by atoms with Gasteiger partial charge in [-0.05, 0) is 38.4 Å². The molecule has 8 heteroatoms. The molecule has 2 heterocycles. The minimum absolute atomic E-state index is 0.0200. The number of nitrogens with zero attached hydrogens (tertiary/aromatic N) is 4. The van der Waals surface area contributed by atoms with Crippen LogP contribution in [-0.2, 0) is 6.54 Å². The Morgan fingerprint density at radius 2 is 2.12 bits per heavy atom. The van der Waals surface area contributed by atoms with Gasteiger partial charge in [0, 0.05) is 23.7 Å². The summed E-state index contributed by atoms with van der Waals surface area (Å²) in [5, 5.41) is 28.7. The fourth-order valence-electron chi connectivity index (χ4n) is 3.09. The van der Waals surface area contributed by atoms with Crippen molar-refractivity contribution in [1.29, 1.82) is 0 Å². The zero-order chi connectivity index (χ0) is 17.1. The Labute approximate surface area is 139 Å². The van der Waals surface area contributed by atoms with E-state index in [0.717, 1.165) is 25.8 Å². The van der Waals surface area contributed by atoms with Crippen LogP contribution < -0.4 is 0 Å². The molecule has 0 saturated carbocycles. The zero-order valence-electron chi connectivity index (χ0n) is 13.5. The molecule has 1 fully saturated rings. The van der Waals surface area contributed by atoms with Crippen molar-refractivity contribution in [3.05, 3.63) is 40.3 Å². The van der Waals surface area contributed by atoms with E-state index < -0.39 is 11.0 Å². The number of nitro groups is 1. The molecule has 0 radical (unpaired) electrons. The average molecular weight is 332 g/mol. The zero-order valence-corrected chi connectivity index (χ0v) is 13.5. The standard InChI is InChI=1S/C16H20N4O4/c1-11(21)14-4-2-3-9-19(14)10-15-17-18-16(24-15)12-5-7-13(8-6-12)20(22)23/h5-8,11,14,21H,2-4,9-10H2,1H3. The first kappa shape index (κ1) is 16.5. The van der Waals surface area contributed by atoms with E-state index in [9.17, 15) is 15.2 Å². The number of hydrogen-bond donors (Lipinski definition) is 1. The molecule has 24 heavy (non-hydrogen) atoms. The van der Waals surface area contributed by atoms with Gasteiger partial charge in [-0.25, -0.2) is 0 Å². The van der Waals surface area contributed by atoms with Gasteiger partial charge in [0.15, 0.2) is 0 Å². The number of aromatic nitrogens is 2. The van der Waals surface area contributed by atoms with Crippen molar-refractivity contribution in [3.8, 4) is 11.5 Å². The van der Waals surface area contributed by atoms with E-state index in [0.29, 0.717) is 23.9 Å². The number of non-ortho nitro benzene ring substituents is 1. The number of piperidine rings is 1. The predicted octanol–water partition coefficient (Wildman–Crippen LogP) is 2.38. The maximum Gasteiger partial charge on any atom is 0.269 e. The minimum atomic E-state index is -0.449. The van der Waals surface area contributed by atoms with E-state index in [1.165, 1.54) is 12.1 Å². The number of aliphatic hydroxyl groups is 1. The third-order valence-corrected chi connectivity index (χ3v) is 4.35. The number of hydrogen-bond acceptors (Lipinski definition) is 7. The quantitative estimate of drug-likeness (QED) is 0.662. The Hall–Kier alpha value is -2.32. The van der Waals surface area contributed by atoms with Gasteiger partial charge < -0.3 is 9.52 Å². The van der Waals surface area contributed by atoms with Gasteiger partial charge in [0.1, 0.15) is 0 Å². The summed E-state index contributed by atoms with van der Waals surface area (Å²) in [6.07, 6.45) is 2.76. The summed E-state index contributed by atoms with van der Waals surface area (Å²) in [4.78, 5) is 12.4. The van der Waals surface area contributed by atoms with E-state index in [1.54, 1.807) is 19.1 Å². The van der Waals surface area contributed by atoms with E-state index in [4.69, 9.17) is 4.42 Å². The molecule has 0 bridgehead atoms. The summed E-state index contributed by atoms with van der Waals surface area (Å²) in [6, 6.07) is 6.11. The van der Waals surface area contributed by atoms with Crippen LogP contribution in [0.3, 0.4) is 0 Å². The number of aliphatic hydroxyl groups excluding tert-OH is 1. The normalized spacial score (nSPS) is 20.0. The van der Waals surface area contributed by atoms with Gasteiger partial charge in [0.25, 0.3) is 5.69 Å². The van der Waals surface area contributed by atoms with Crippen LogP contribution in [0.5, 0.6) is 0 Å². The monoisotopic (exact) mass is 332 g/mol. The van der Waals surface area contributed by atoms with Crippen molar-refractivity contribution in [2.24, 2.45) is 0 Å². The van der Waals surface area contributed by atoms with Crippen LogP contribution in [0.15, 0.2) is 28.7 Å². The summed E-state index contributed by atoms with van der Waals surface area (Å²) >= 11 is 0. The lowest BCUT2D eigenvalue weighted by atomic mass is 9.98. The molecule has 0 spiro atoms. The lowest BCUT2D eigenvalue weighted by Crippen LogP contribution is -2.45. The second-order valence-electron chi connectivity index (χ2n) is 6.08. The Morgan fingerprint density at radius 3 is 2.79 bits per heavy atom. The minimum Gasteiger partial charge on any atom is -0.419 e. The van der Waals surface area contributed by atoms with Crippen molar-refractivity contribution in [2.45, 2.75) is 44.9 Å². The van der Waals surface area contributed by atoms with E-state index in [1.807, 2.05) is 0 Å². The van der Waals surface area contributed by atoms with Gasteiger partial charge in [0.2, 0.25) is 11.8 Å². The van der Waals surface area contributed by atoms with Gasteiger partial charge >= 0.3 is 0 Å². The first-order valence-corrected chi connectivity index (χ1v) is 8.04. The molecule has 1 aromatic carbocycles. The SMILES string of the molecule is CC(O)C1CCCCN1Cc1nnc(-c2ccc([N+](=O)[O-])cc2)o1. The van der Waals surface area contributed by atoms with E-state index >= 15 is 0 Å². The van der Waals surface area contributed by atoms with Crippen LogP contribution in [0.4, 0.5) is 5.69 Å². The number of likely N-dealkylation sites (tertiary alicyclic amines) is 1. The van der Waals surface area contributed by atoms with Gasteiger partial charge in [-0.3, -0.25) is 15.0 Å². The molecular weight excluding hydrogens is 312 g/mol. The highest BCUT2D eigenvalue weighted by molar-refractivity contribution is 5.55. The fourth-order valence-corrected chi connectivity index (χ4v) is 3.09. The molecule has 128 valence electrons. The highest BCUT2D eigenvalue weighted by atomic mass is 16.6. The van der Waals surface area contributed by atoms with Gasteiger partial charge in [-0.1, -0.05) is 6.42 Å². The first-order valence-electron chi connectivity index (χ1n) is 8.04. The maximum absolute atomic E-state index is 10.7. The number of nitro benzene ring substituents is 1. The van der Waals surface area contributed by atoms with Crippen LogP contribution in [0.2, 0.25) is 0 Å². The topological polar surface area (TPSA) is 106 Å². The van der Waals surface area contributed by atoms with Crippen molar-refractivity contribution in [2.75, 3.05) is 6.54 Å².